The second-order valence-electron chi connectivity index (χ2n) is 5.02. The molecule has 2 aromatic rings. The number of carbonyl (C=O) groups excluding carboxylic acids is 1. The summed E-state index contributed by atoms with van der Waals surface area (Å²) < 4.78 is 2.16. The summed E-state index contributed by atoms with van der Waals surface area (Å²) in [5, 5.41) is 3.00. The van der Waals surface area contributed by atoms with Crippen LogP contribution in [0, 0.1) is 13.8 Å². The van der Waals surface area contributed by atoms with Crippen molar-refractivity contribution >= 4 is 5.91 Å². The maximum Gasteiger partial charge on any atom is 0.253 e. The van der Waals surface area contributed by atoms with E-state index in [9.17, 15) is 4.79 Å². The average molecular weight is 270 g/mol. The molecular weight excluding hydrogens is 248 g/mol. The third kappa shape index (κ3) is 3.10. The second kappa shape index (κ2) is 6.42. The van der Waals surface area contributed by atoms with E-state index >= 15 is 0 Å². The molecular formula is C17H22N2O. The number of nitrogens with one attached hydrogen (secondary N) is 1. The maximum absolute atomic E-state index is 12.2. The minimum atomic E-state index is 0.0220. The number of nitrogens with zero attached hydrogens (tertiary/aromatic N) is 1. The summed E-state index contributed by atoms with van der Waals surface area (Å²) in [5.41, 5.74) is 4.21. The molecule has 1 aromatic heterocycles. The summed E-state index contributed by atoms with van der Waals surface area (Å²) in [6, 6.07) is 12.2. The fourth-order valence-electron chi connectivity index (χ4n) is 2.58. The van der Waals surface area contributed by atoms with Crippen molar-refractivity contribution in [1.82, 2.24) is 9.88 Å². The van der Waals surface area contributed by atoms with Crippen LogP contribution < -0.4 is 5.32 Å². The Bertz CT molecular complexity index is 585. The molecule has 2 rings (SSSR count). The van der Waals surface area contributed by atoms with Crippen molar-refractivity contribution in [2.75, 3.05) is 6.54 Å². The van der Waals surface area contributed by atoms with Gasteiger partial charge in [0.15, 0.2) is 0 Å². The van der Waals surface area contributed by atoms with Crippen LogP contribution in [0.2, 0.25) is 0 Å². The first-order valence-corrected chi connectivity index (χ1v) is 7.12. The number of benzene rings is 1. The number of carbonyl (C=O) groups is 1. The Hall–Kier alpha value is -2.03. The number of hydrogen-bond acceptors (Lipinski definition) is 1. The highest BCUT2D eigenvalue weighted by Gasteiger charge is 2.14. The Balaban J connectivity index is 1.96. The standard InChI is InChI=1S/C17H22N2O/c1-4-19-13(2)12-16(14(19)3)17(20)18-11-10-15-8-6-5-7-9-15/h5-9,12H,4,10-11H2,1-3H3,(H,18,20). The summed E-state index contributed by atoms with van der Waals surface area (Å²) in [4.78, 5) is 12.2. The molecule has 3 nitrogen and oxygen atoms in total. The van der Waals surface area contributed by atoms with Crippen molar-refractivity contribution in [3.05, 3.63) is 58.9 Å². The lowest BCUT2D eigenvalue weighted by Crippen LogP contribution is -2.26. The summed E-state index contributed by atoms with van der Waals surface area (Å²) >= 11 is 0. The van der Waals surface area contributed by atoms with Crippen LogP contribution in [0.1, 0.15) is 34.2 Å². The normalized spacial score (nSPS) is 10.6. The van der Waals surface area contributed by atoms with Crippen molar-refractivity contribution in [3.63, 3.8) is 0 Å². The third-order valence-corrected chi connectivity index (χ3v) is 3.68. The summed E-state index contributed by atoms with van der Waals surface area (Å²) in [5.74, 6) is 0.0220. The molecule has 0 aliphatic rings. The molecule has 1 aromatic carbocycles. The average Bonchev–Trinajstić information content (AvgIpc) is 2.74. The van der Waals surface area contributed by atoms with E-state index in [0.717, 1.165) is 29.9 Å². The van der Waals surface area contributed by atoms with Gasteiger partial charge in [-0.05, 0) is 38.8 Å². The molecule has 3 heteroatoms. The SMILES string of the molecule is CCn1c(C)cc(C(=O)NCCc2ccccc2)c1C. The number of rotatable bonds is 5. The second-order valence-corrected chi connectivity index (χ2v) is 5.02. The van der Waals surface area contributed by atoms with E-state index in [1.54, 1.807) is 0 Å². The van der Waals surface area contributed by atoms with Gasteiger partial charge < -0.3 is 9.88 Å². The number of aromatic nitrogens is 1. The molecule has 0 saturated heterocycles. The number of amides is 1. The molecule has 1 N–H and O–H groups in total. The van der Waals surface area contributed by atoms with Gasteiger partial charge in [-0.3, -0.25) is 4.79 Å². The molecule has 0 radical (unpaired) electrons. The van der Waals surface area contributed by atoms with Crippen molar-refractivity contribution in [1.29, 1.82) is 0 Å². The van der Waals surface area contributed by atoms with Crippen LogP contribution >= 0.6 is 0 Å². The van der Waals surface area contributed by atoms with Gasteiger partial charge in [0.1, 0.15) is 0 Å². The summed E-state index contributed by atoms with van der Waals surface area (Å²) in [6.07, 6.45) is 0.860. The van der Waals surface area contributed by atoms with Crippen LogP contribution in [0.3, 0.4) is 0 Å². The van der Waals surface area contributed by atoms with Gasteiger partial charge in [-0.15, -0.1) is 0 Å². The smallest absolute Gasteiger partial charge is 0.253 e. The van der Waals surface area contributed by atoms with Crippen LogP contribution in [0.5, 0.6) is 0 Å². The van der Waals surface area contributed by atoms with E-state index in [2.05, 4.69) is 28.9 Å². The van der Waals surface area contributed by atoms with Gasteiger partial charge in [-0.2, -0.15) is 0 Å². The predicted octanol–water partition coefficient (Wildman–Crippen LogP) is 3.10. The lowest BCUT2D eigenvalue weighted by molar-refractivity contribution is 0.0953. The number of aryl methyl sites for hydroxylation is 1. The Morgan fingerprint density at radius 3 is 2.50 bits per heavy atom. The van der Waals surface area contributed by atoms with E-state index in [1.165, 1.54) is 5.56 Å². The van der Waals surface area contributed by atoms with Crippen molar-refractivity contribution in [2.45, 2.75) is 33.7 Å². The molecule has 0 bridgehead atoms. The highest BCUT2D eigenvalue weighted by atomic mass is 16.1. The maximum atomic E-state index is 12.2. The van der Waals surface area contributed by atoms with E-state index in [0.29, 0.717) is 6.54 Å². The first-order valence-electron chi connectivity index (χ1n) is 7.12. The van der Waals surface area contributed by atoms with Crippen LogP contribution in [0.25, 0.3) is 0 Å². The third-order valence-electron chi connectivity index (χ3n) is 3.68. The molecule has 1 heterocycles. The van der Waals surface area contributed by atoms with Gasteiger partial charge in [-0.1, -0.05) is 30.3 Å². The molecule has 20 heavy (non-hydrogen) atoms. The highest BCUT2D eigenvalue weighted by Crippen LogP contribution is 2.14. The summed E-state index contributed by atoms with van der Waals surface area (Å²) in [6.45, 7) is 7.70. The van der Waals surface area contributed by atoms with E-state index in [1.807, 2.05) is 38.1 Å². The van der Waals surface area contributed by atoms with Crippen molar-refractivity contribution in [2.24, 2.45) is 0 Å². The largest absolute Gasteiger partial charge is 0.352 e. The Morgan fingerprint density at radius 2 is 1.90 bits per heavy atom. The first-order chi connectivity index (χ1) is 9.63. The monoisotopic (exact) mass is 270 g/mol. The minimum absolute atomic E-state index is 0.0220. The molecule has 0 saturated carbocycles. The molecule has 0 aliphatic carbocycles. The minimum Gasteiger partial charge on any atom is -0.352 e. The molecule has 0 atom stereocenters. The molecule has 106 valence electrons. The molecule has 1 amide bonds. The van der Waals surface area contributed by atoms with Crippen LogP contribution in [0.15, 0.2) is 36.4 Å². The molecule has 0 fully saturated rings. The molecule has 0 aliphatic heterocycles. The quantitative estimate of drug-likeness (QED) is 0.890. The van der Waals surface area contributed by atoms with Crippen LogP contribution in [-0.2, 0) is 13.0 Å². The Labute approximate surface area is 120 Å². The summed E-state index contributed by atoms with van der Waals surface area (Å²) in [7, 11) is 0. The predicted molar refractivity (Wildman–Crippen MR) is 82.1 cm³/mol. The Kier molecular flexibility index (Phi) is 4.61. The fraction of sp³-hybridized carbons (Fsp3) is 0.353. The van der Waals surface area contributed by atoms with E-state index < -0.39 is 0 Å². The first kappa shape index (κ1) is 14.4. The van der Waals surface area contributed by atoms with Gasteiger partial charge in [0, 0.05) is 24.5 Å². The van der Waals surface area contributed by atoms with Gasteiger partial charge in [0.25, 0.3) is 5.91 Å². The zero-order chi connectivity index (χ0) is 14.5. The molecule has 0 spiro atoms. The lowest BCUT2D eigenvalue weighted by Gasteiger charge is -2.07. The van der Waals surface area contributed by atoms with Gasteiger partial charge in [0.05, 0.1) is 5.56 Å². The lowest BCUT2D eigenvalue weighted by atomic mass is 10.1. The zero-order valence-electron chi connectivity index (χ0n) is 12.4. The van der Waals surface area contributed by atoms with Gasteiger partial charge >= 0.3 is 0 Å². The fourth-order valence-corrected chi connectivity index (χ4v) is 2.58. The van der Waals surface area contributed by atoms with E-state index in [4.69, 9.17) is 0 Å². The van der Waals surface area contributed by atoms with E-state index in [-0.39, 0.29) is 5.91 Å². The highest BCUT2D eigenvalue weighted by molar-refractivity contribution is 5.95. The Morgan fingerprint density at radius 1 is 1.20 bits per heavy atom. The van der Waals surface area contributed by atoms with Crippen molar-refractivity contribution < 1.29 is 4.79 Å². The number of hydrogen-bond donors (Lipinski definition) is 1. The van der Waals surface area contributed by atoms with Gasteiger partial charge in [-0.25, -0.2) is 0 Å². The van der Waals surface area contributed by atoms with Crippen LogP contribution in [-0.4, -0.2) is 17.0 Å². The molecule has 0 unspecified atom stereocenters. The van der Waals surface area contributed by atoms with Crippen LogP contribution in [0.4, 0.5) is 0 Å². The topological polar surface area (TPSA) is 34.0 Å². The zero-order valence-corrected chi connectivity index (χ0v) is 12.4. The van der Waals surface area contributed by atoms with Crippen molar-refractivity contribution in [3.8, 4) is 0 Å². The van der Waals surface area contributed by atoms with Gasteiger partial charge in [0.2, 0.25) is 0 Å².